The highest BCUT2D eigenvalue weighted by molar-refractivity contribution is 5.61. The van der Waals surface area contributed by atoms with Crippen molar-refractivity contribution < 1.29 is 5.11 Å². The average Bonchev–Trinajstić information content (AvgIpc) is 2.17. The van der Waals surface area contributed by atoms with E-state index < -0.39 is 0 Å². The molecule has 0 aliphatic heterocycles. The van der Waals surface area contributed by atoms with Gasteiger partial charge in [-0.2, -0.15) is 0 Å². The Bertz CT molecular complexity index is 356. The van der Waals surface area contributed by atoms with Crippen LogP contribution in [0.4, 0.5) is 0 Å². The first-order valence-electron chi connectivity index (χ1n) is 5.28. The second kappa shape index (κ2) is 4.99. The topological polar surface area (TPSA) is 46.2 Å². The largest absolute Gasteiger partial charge is 0.508 e. The van der Waals surface area contributed by atoms with Gasteiger partial charge >= 0.3 is 0 Å². The van der Waals surface area contributed by atoms with Crippen molar-refractivity contribution in [3.8, 4) is 0 Å². The first-order chi connectivity index (χ1) is 7.07. The van der Waals surface area contributed by atoms with E-state index in [9.17, 15) is 5.11 Å². The molecule has 0 aliphatic rings. The summed E-state index contributed by atoms with van der Waals surface area (Å²) in [6, 6.07) is 5.92. The van der Waals surface area contributed by atoms with Crippen LogP contribution in [0.2, 0.25) is 0 Å². The maximum atomic E-state index is 9.50. The summed E-state index contributed by atoms with van der Waals surface area (Å²) in [4.78, 5) is 0. The van der Waals surface area contributed by atoms with E-state index in [4.69, 9.17) is 5.73 Å². The van der Waals surface area contributed by atoms with Crippen LogP contribution in [0, 0.1) is 0 Å². The Labute approximate surface area is 91.4 Å². The lowest BCUT2D eigenvalue weighted by Gasteiger charge is -2.16. The Kier molecular flexibility index (Phi) is 3.92. The molecule has 0 heterocycles. The van der Waals surface area contributed by atoms with Gasteiger partial charge in [0.05, 0.1) is 0 Å². The van der Waals surface area contributed by atoms with Gasteiger partial charge in [0, 0.05) is 5.56 Å². The van der Waals surface area contributed by atoms with Gasteiger partial charge in [0.15, 0.2) is 0 Å². The van der Waals surface area contributed by atoms with Crippen molar-refractivity contribution in [3.05, 3.63) is 41.5 Å². The van der Waals surface area contributed by atoms with Crippen molar-refractivity contribution in [2.45, 2.75) is 26.2 Å². The summed E-state index contributed by atoms with van der Waals surface area (Å²) in [5.74, 6) is 0.562. The van der Waals surface area contributed by atoms with Gasteiger partial charge in [-0.1, -0.05) is 38.6 Å². The smallest absolute Gasteiger partial charge is 0.115 e. The first kappa shape index (κ1) is 11.8. The fraction of sp³-hybridized carbons (Fsp3) is 0.385. The Hall–Kier alpha value is -1.28. The Morgan fingerprint density at radius 2 is 2.13 bits per heavy atom. The first-order valence-corrected chi connectivity index (χ1v) is 5.28. The van der Waals surface area contributed by atoms with Crippen molar-refractivity contribution in [2.75, 3.05) is 6.54 Å². The lowest BCUT2D eigenvalue weighted by atomic mass is 9.91. The van der Waals surface area contributed by atoms with Crippen LogP contribution >= 0.6 is 0 Å². The van der Waals surface area contributed by atoms with E-state index in [0.29, 0.717) is 12.5 Å². The SMILES string of the molecule is C=C(O)c1cccc(C(C)C)c1CCN. The molecule has 0 bridgehead atoms. The molecule has 0 amide bonds. The molecule has 0 saturated heterocycles. The van der Waals surface area contributed by atoms with Crippen LogP contribution in [0.5, 0.6) is 0 Å². The van der Waals surface area contributed by atoms with E-state index in [2.05, 4.69) is 26.5 Å². The van der Waals surface area contributed by atoms with Crippen molar-refractivity contribution in [1.82, 2.24) is 0 Å². The second-order valence-electron chi connectivity index (χ2n) is 4.01. The fourth-order valence-electron chi connectivity index (χ4n) is 1.84. The zero-order valence-corrected chi connectivity index (χ0v) is 9.46. The molecule has 0 aliphatic carbocycles. The van der Waals surface area contributed by atoms with Crippen LogP contribution in [0.25, 0.3) is 5.76 Å². The molecule has 0 atom stereocenters. The van der Waals surface area contributed by atoms with Crippen molar-refractivity contribution in [3.63, 3.8) is 0 Å². The van der Waals surface area contributed by atoms with Gasteiger partial charge in [-0.15, -0.1) is 0 Å². The molecule has 0 unspecified atom stereocenters. The van der Waals surface area contributed by atoms with Crippen LogP contribution in [0.3, 0.4) is 0 Å². The van der Waals surface area contributed by atoms with Gasteiger partial charge in [-0.05, 0) is 30.0 Å². The van der Waals surface area contributed by atoms with Crippen molar-refractivity contribution in [2.24, 2.45) is 5.73 Å². The van der Waals surface area contributed by atoms with Crippen LogP contribution in [-0.2, 0) is 6.42 Å². The highest BCUT2D eigenvalue weighted by Crippen LogP contribution is 2.26. The van der Waals surface area contributed by atoms with Gasteiger partial charge in [-0.3, -0.25) is 0 Å². The standard InChI is InChI=1S/C13H19NO/c1-9(2)11-5-4-6-12(10(3)15)13(11)7-8-14/h4-6,9,15H,3,7-8,14H2,1-2H3. The Morgan fingerprint density at radius 1 is 1.47 bits per heavy atom. The monoisotopic (exact) mass is 205 g/mol. The van der Waals surface area contributed by atoms with Gasteiger partial charge in [0.25, 0.3) is 0 Å². The van der Waals surface area contributed by atoms with Gasteiger partial charge in [0.1, 0.15) is 5.76 Å². The number of aliphatic hydroxyl groups excluding tert-OH is 1. The molecule has 1 aromatic carbocycles. The minimum atomic E-state index is 0.126. The predicted molar refractivity (Wildman–Crippen MR) is 65.0 cm³/mol. The van der Waals surface area contributed by atoms with E-state index in [1.807, 2.05) is 12.1 Å². The zero-order valence-electron chi connectivity index (χ0n) is 9.46. The van der Waals surface area contributed by atoms with Crippen molar-refractivity contribution in [1.29, 1.82) is 0 Å². The summed E-state index contributed by atoms with van der Waals surface area (Å²) >= 11 is 0. The van der Waals surface area contributed by atoms with E-state index >= 15 is 0 Å². The fourth-order valence-corrected chi connectivity index (χ4v) is 1.84. The summed E-state index contributed by atoms with van der Waals surface area (Å²) in [5.41, 5.74) is 8.78. The van der Waals surface area contributed by atoms with E-state index in [1.165, 1.54) is 5.56 Å². The summed E-state index contributed by atoms with van der Waals surface area (Å²) in [5, 5.41) is 9.50. The van der Waals surface area contributed by atoms with Crippen LogP contribution in [0.1, 0.15) is 36.5 Å². The summed E-state index contributed by atoms with van der Waals surface area (Å²) in [6.07, 6.45) is 0.781. The summed E-state index contributed by atoms with van der Waals surface area (Å²) < 4.78 is 0. The predicted octanol–water partition coefficient (Wildman–Crippen LogP) is 2.84. The molecule has 2 nitrogen and oxygen atoms in total. The van der Waals surface area contributed by atoms with Gasteiger partial charge in [-0.25, -0.2) is 0 Å². The van der Waals surface area contributed by atoms with Crippen LogP contribution in [0.15, 0.2) is 24.8 Å². The molecule has 0 fully saturated rings. The normalized spacial score (nSPS) is 10.7. The number of benzene rings is 1. The Balaban J connectivity index is 3.28. The van der Waals surface area contributed by atoms with E-state index in [1.54, 1.807) is 0 Å². The highest BCUT2D eigenvalue weighted by Gasteiger charge is 2.11. The average molecular weight is 205 g/mol. The van der Waals surface area contributed by atoms with Gasteiger partial charge in [0.2, 0.25) is 0 Å². The quantitative estimate of drug-likeness (QED) is 0.742. The number of rotatable bonds is 4. The molecule has 0 spiro atoms. The molecular formula is C13H19NO. The number of nitrogens with two attached hydrogens (primary N) is 1. The minimum Gasteiger partial charge on any atom is -0.508 e. The van der Waals surface area contributed by atoms with Crippen molar-refractivity contribution >= 4 is 5.76 Å². The van der Waals surface area contributed by atoms with Crippen LogP contribution < -0.4 is 5.73 Å². The third-order valence-electron chi connectivity index (χ3n) is 2.54. The molecule has 15 heavy (non-hydrogen) atoms. The van der Waals surface area contributed by atoms with Gasteiger partial charge < -0.3 is 10.8 Å². The molecule has 3 N–H and O–H groups in total. The third kappa shape index (κ3) is 2.60. The van der Waals surface area contributed by atoms with E-state index in [0.717, 1.165) is 17.5 Å². The minimum absolute atomic E-state index is 0.126. The summed E-state index contributed by atoms with van der Waals surface area (Å²) in [6.45, 7) is 8.45. The summed E-state index contributed by atoms with van der Waals surface area (Å²) in [7, 11) is 0. The van der Waals surface area contributed by atoms with E-state index in [-0.39, 0.29) is 5.76 Å². The molecule has 0 aromatic heterocycles. The lowest BCUT2D eigenvalue weighted by Crippen LogP contribution is -2.08. The Morgan fingerprint density at radius 3 is 2.60 bits per heavy atom. The number of hydrogen-bond acceptors (Lipinski definition) is 2. The van der Waals surface area contributed by atoms with Crippen LogP contribution in [-0.4, -0.2) is 11.7 Å². The molecule has 1 rings (SSSR count). The molecule has 0 radical (unpaired) electrons. The molecule has 1 aromatic rings. The second-order valence-corrected chi connectivity index (χ2v) is 4.01. The lowest BCUT2D eigenvalue weighted by molar-refractivity contribution is 0.512. The molecular weight excluding hydrogens is 186 g/mol. The molecule has 2 heteroatoms. The number of aliphatic hydroxyl groups is 1. The number of hydrogen-bond donors (Lipinski definition) is 2. The third-order valence-corrected chi connectivity index (χ3v) is 2.54. The molecule has 82 valence electrons. The highest BCUT2D eigenvalue weighted by atomic mass is 16.3. The maximum Gasteiger partial charge on any atom is 0.115 e. The maximum absolute atomic E-state index is 9.50. The molecule has 0 saturated carbocycles. The zero-order chi connectivity index (χ0) is 11.4.